The molecule has 1 unspecified atom stereocenters. The van der Waals surface area contributed by atoms with Crippen LogP contribution in [0.4, 0.5) is 5.82 Å². The van der Waals surface area contributed by atoms with E-state index in [1.807, 2.05) is 0 Å². The van der Waals surface area contributed by atoms with Gasteiger partial charge in [-0.15, -0.1) is 0 Å². The number of nitrogen functional groups attached to an aromatic ring is 1. The van der Waals surface area contributed by atoms with Crippen LogP contribution in [0.25, 0.3) is 21.8 Å². The van der Waals surface area contributed by atoms with Gasteiger partial charge in [0.25, 0.3) is 5.56 Å². The molecule has 1 aliphatic heterocycles. The SMILES string of the molecule is C[C@@]1(O)[C@H](O)[C@@H](COP(=O)(O)OP(=O)(O)O)O[C@H]1n1cc2c(N)nc3c(=O)[nH]ncc(n1)c23. The van der Waals surface area contributed by atoms with E-state index >= 15 is 0 Å². The van der Waals surface area contributed by atoms with Crippen molar-refractivity contribution in [2.45, 2.75) is 31.0 Å². The molecule has 0 spiro atoms. The van der Waals surface area contributed by atoms with Gasteiger partial charge < -0.3 is 35.4 Å². The van der Waals surface area contributed by atoms with E-state index in [0.717, 1.165) is 4.68 Å². The Balaban J connectivity index is 1.68. The summed E-state index contributed by atoms with van der Waals surface area (Å²) in [6, 6.07) is 0. The first-order valence-corrected chi connectivity index (χ1v) is 12.0. The quantitative estimate of drug-likeness (QED) is 0.186. The molecular formula is C14H18N6O11P2. The lowest BCUT2D eigenvalue weighted by atomic mass is 9.97. The van der Waals surface area contributed by atoms with Gasteiger partial charge in [0.1, 0.15) is 34.7 Å². The molecule has 0 amide bonds. The number of hydrogen-bond acceptors (Lipinski definition) is 12. The van der Waals surface area contributed by atoms with Crippen LogP contribution in [0.5, 0.6) is 0 Å². The van der Waals surface area contributed by atoms with Crippen LogP contribution >= 0.6 is 15.6 Å². The number of aromatic nitrogens is 5. The molecule has 0 bridgehead atoms. The summed E-state index contributed by atoms with van der Waals surface area (Å²) in [5.41, 5.74) is 3.41. The van der Waals surface area contributed by atoms with Gasteiger partial charge in [0.15, 0.2) is 6.23 Å². The molecule has 0 saturated carbocycles. The van der Waals surface area contributed by atoms with Crippen molar-refractivity contribution >= 4 is 43.3 Å². The van der Waals surface area contributed by atoms with Crippen molar-refractivity contribution in [1.82, 2.24) is 25.0 Å². The highest BCUT2D eigenvalue weighted by Gasteiger charge is 2.54. The van der Waals surface area contributed by atoms with Crippen LogP contribution in [0.2, 0.25) is 0 Å². The van der Waals surface area contributed by atoms with Crippen LogP contribution in [0, 0.1) is 0 Å². The number of aliphatic hydroxyl groups is 2. The topological polar surface area (TPSA) is 265 Å². The third kappa shape index (κ3) is 4.43. The average Bonchev–Trinajstić information content (AvgIpc) is 3.06. The minimum absolute atomic E-state index is 0.0104. The smallest absolute Gasteiger partial charge is 0.387 e. The summed E-state index contributed by atoms with van der Waals surface area (Å²) in [4.78, 5) is 42.8. The number of phosphoric ester groups is 1. The van der Waals surface area contributed by atoms with Gasteiger partial charge >= 0.3 is 15.6 Å². The number of aromatic amines is 1. The number of nitrogens with zero attached hydrogens (tertiary/aromatic N) is 4. The highest BCUT2D eigenvalue weighted by Crippen LogP contribution is 2.57. The maximum Gasteiger partial charge on any atom is 0.481 e. The summed E-state index contributed by atoms with van der Waals surface area (Å²) in [7, 11) is -10.6. The largest absolute Gasteiger partial charge is 0.481 e. The minimum Gasteiger partial charge on any atom is -0.387 e. The zero-order valence-electron chi connectivity index (χ0n) is 16.5. The summed E-state index contributed by atoms with van der Waals surface area (Å²) in [5.74, 6) is -0.0169. The number of hydrogen-bond donors (Lipinski definition) is 7. The first-order valence-electron chi connectivity index (χ1n) is 9.01. The fourth-order valence-corrected chi connectivity index (χ4v) is 5.08. The van der Waals surface area contributed by atoms with Gasteiger partial charge in [0.05, 0.1) is 12.8 Å². The van der Waals surface area contributed by atoms with Crippen molar-refractivity contribution in [3.05, 3.63) is 22.7 Å². The molecule has 1 saturated heterocycles. The van der Waals surface area contributed by atoms with Gasteiger partial charge in [-0.3, -0.25) is 9.32 Å². The predicted octanol–water partition coefficient (Wildman–Crippen LogP) is -1.51. The van der Waals surface area contributed by atoms with Crippen LogP contribution in [0.3, 0.4) is 0 Å². The van der Waals surface area contributed by atoms with Crippen molar-refractivity contribution in [3.63, 3.8) is 0 Å². The molecule has 17 nitrogen and oxygen atoms in total. The second-order valence-corrected chi connectivity index (χ2v) is 10.2. The number of ether oxygens (including phenoxy) is 1. The summed E-state index contributed by atoms with van der Waals surface area (Å²) in [6.45, 7) is 0.308. The van der Waals surface area contributed by atoms with Crippen molar-refractivity contribution < 1.29 is 47.6 Å². The fraction of sp³-hybridized carbons (Fsp3) is 0.429. The maximum atomic E-state index is 12.1. The summed E-state index contributed by atoms with van der Waals surface area (Å²) in [6.07, 6.45) is -2.02. The van der Waals surface area contributed by atoms with Gasteiger partial charge in [0.2, 0.25) is 0 Å². The van der Waals surface area contributed by atoms with E-state index in [0.29, 0.717) is 5.39 Å². The molecule has 1 aliphatic rings. The van der Waals surface area contributed by atoms with E-state index in [2.05, 4.69) is 29.1 Å². The Morgan fingerprint density at radius 1 is 1.36 bits per heavy atom. The van der Waals surface area contributed by atoms with Crippen molar-refractivity contribution in [3.8, 4) is 0 Å². The van der Waals surface area contributed by atoms with E-state index in [4.69, 9.17) is 20.3 Å². The first kappa shape index (κ1) is 23.8. The monoisotopic (exact) mass is 508 g/mol. The summed E-state index contributed by atoms with van der Waals surface area (Å²) in [5, 5.41) is 32.1. The van der Waals surface area contributed by atoms with Crippen molar-refractivity contribution in [2.75, 3.05) is 12.3 Å². The molecule has 3 aromatic rings. The van der Waals surface area contributed by atoms with E-state index in [9.17, 15) is 29.0 Å². The molecule has 1 fully saturated rings. The van der Waals surface area contributed by atoms with Crippen molar-refractivity contribution in [1.29, 1.82) is 0 Å². The maximum absolute atomic E-state index is 12.1. The van der Waals surface area contributed by atoms with E-state index in [1.165, 1.54) is 19.3 Å². The molecule has 4 heterocycles. The molecule has 5 atom stereocenters. The Kier molecular flexibility index (Phi) is 5.70. The molecule has 19 heteroatoms. The highest BCUT2D eigenvalue weighted by atomic mass is 31.3. The third-order valence-electron chi connectivity index (χ3n) is 4.93. The van der Waals surface area contributed by atoms with Gasteiger partial charge in [-0.25, -0.2) is 23.9 Å². The number of anilines is 1. The molecule has 0 aliphatic carbocycles. The third-order valence-corrected chi connectivity index (χ3v) is 7.08. The number of phosphoric acid groups is 2. The Morgan fingerprint density at radius 3 is 2.73 bits per heavy atom. The van der Waals surface area contributed by atoms with Crippen molar-refractivity contribution in [2.24, 2.45) is 0 Å². The zero-order chi connectivity index (χ0) is 24.3. The Hall–Kier alpha value is -2.30. The van der Waals surface area contributed by atoms with E-state index < -0.39 is 51.8 Å². The molecule has 33 heavy (non-hydrogen) atoms. The summed E-state index contributed by atoms with van der Waals surface area (Å²) < 4.78 is 37.3. The number of aliphatic hydroxyl groups excluding tert-OH is 1. The highest BCUT2D eigenvalue weighted by molar-refractivity contribution is 7.60. The molecule has 0 radical (unpaired) electrons. The van der Waals surface area contributed by atoms with Crippen LogP contribution in [-0.2, 0) is 22.7 Å². The number of H-pyrrole nitrogens is 1. The summed E-state index contributed by atoms with van der Waals surface area (Å²) >= 11 is 0. The number of nitrogens with one attached hydrogen (secondary N) is 1. The second kappa shape index (κ2) is 7.89. The van der Waals surface area contributed by atoms with Crippen LogP contribution in [-0.4, -0.2) is 74.3 Å². The molecule has 3 aromatic heterocycles. The standard InChI is InChI=1S/C14H18N6O11P2/c1-14(23)10(21)7(4-29-33(27,28)31-32(24,25)26)30-13(14)20-3-5-8-6(19-20)2-16-18-12(22)9(8)17-11(5)15/h2-3,7,10,13,21,23H,4H2,1H3,(H2,15,17)(H,18,22)(H,27,28)(H2,24,25,26)/t7-,10-,13-,14-/m1/s1. The van der Waals surface area contributed by atoms with E-state index in [1.54, 1.807) is 0 Å². The van der Waals surface area contributed by atoms with Gasteiger partial charge in [0, 0.05) is 17.0 Å². The molecule has 180 valence electrons. The molecule has 4 rings (SSSR count). The second-order valence-electron chi connectivity index (χ2n) is 7.36. The molecule has 0 aromatic carbocycles. The normalized spacial score (nSPS) is 27.9. The Morgan fingerprint density at radius 2 is 2.06 bits per heavy atom. The average molecular weight is 508 g/mol. The van der Waals surface area contributed by atoms with Crippen LogP contribution in [0.15, 0.2) is 17.2 Å². The fourth-order valence-electron chi connectivity index (χ4n) is 3.48. The first-order chi connectivity index (χ1) is 15.2. The predicted molar refractivity (Wildman–Crippen MR) is 107 cm³/mol. The number of rotatable bonds is 6. The van der Waals surface area contributed by atoms with Gasteiger partial charge in [-0.2, -0.15) is 14.5 Å². The van der Waals surface area contributed by atoms with Crippen LogP contribution < -0.4 is 11.3 Å². The minimum atomic E-state index is -5.35. The van der Waals surface area contributed by atoms with Gasteiger partial charge in [-0.1, -0.05) is 0 Å². The lowest BCUT2D eigenvalue weighted by molar-refractivity contribution is -0.102. The Bertz CT molecular complexity index is 1380. The van der Waals surface area contributed by atoms with E-state index in [-0.39, 0.29) is 22.2 Å². The Labute approximate surface area is 182 Å². The lowest BCUT2D eigenvalue weighted by Gasteiger charge is -2.27. The van der Waals surface area contributed by atoms with Crippen LogP contribution in [0.1, 0.15) is 13.2 Å². The lowest BCUT2D eigenvalue weighted by Crippen LogP contribution is -2.44. The van der Waals surface area contributed by atoms with Gasteiger partial charge in [-0.05, 0) is 6.92 Å². The number of nitrogens with two attached hydrogens (primary N) is 1. The zero-order valence-corrected chi connectivity index (χ0v) is 18.3. The molecule has 8 N–H and O–H groups in total. The molecular weight excluding hydrogens is 490 g/mol.